The molecule has 1 saturated carbocycles. The van der Waals surface area contributed by atoms with E-state index in [0.717, 1.165) is 19.4 Å². The first-order valence-corrected chi connectivity index (χ1v) is 7.47. The Labute approximate surface area is 111 Å². The van der Waals surface area contributed by atoms with Gasteiger partial charge in [-0.25, -0.2) is 8.78 Å². The van der Waals surface area contributed by atoms with Crippen LogP contribution in [0.15, 0.2) is 0 Å². The van der Waals surface area contributed by atoms with Crippen molar-refractivity contribution in [3.05, 3.63) is 0 Å². The minimum absolute atomic E-state index is 0.0965. The lowest BCUT2D eigenvalue weighted by Gasteiger charge is -2.30. The van der Waals surface area contributed by atoms with Crippen LogP contribution < -0.4 is 5.32 Å². The molecule has 3 unspecified atom stereocenters. The van der Waals surface area contributed by atoms with Crippen LogP contribution >= 0.6 is 0 Å². The molecule has 0 saturated heterocycles. The van der Waals surface area contributed by atoms with Gasteiger partial charge in [0.25, 0.3) is 0 Å². The van der Waals surface area contributed by atoms with Crippen molar-refractivity contribution in [1.29, 1.82) is 0 Å². The summed E-state index contributed by atoms with van der Waals surface area (Å²) in [7, 11) is 0. The average molecular weight is 261 g/mol. The second-order valence-electron chi connectivity index (χ2n) is 6.35. The summed E-state index contributed by atoms with van der Waals surface area (Å²) in [5.41, 5.74) is 0. The molecule has 108 valence electrons. The standard InChI is InChI=1S/C15H29F2N/c1-5-8-18-12(4)14(11(2)3)9-13-6-7-15(16,17)10-13/h11-14,18H,5-10H2,1-4H3. The average Bonchev–Trinajstić information content (AvgIpc) is 2.62. The maximum atomic E-state index is 13.2. The number of nitrogens with one attached hydrogen (secondary N) is 1. The van der Waals surface area contributed by atoms with E-state index in [0.29, 0.717) is 24.3 Å². The lowest BCUT2D eigenvalue weighted by atomic mass is 9.81. The third-order valence-corrected chi connectivity index (χ3v) is 4.33. The van der Waals surface area contributed by atoms with Crippen molar-refractivity contribution in [3.8, 4) is 0 Å². The first kappa shape index (κ1) is 15.9. The number of hydrogen-bond acceptors (Lipinski definition) is 1. The van der Waals surface area contributed by atoms with Crippen LogP contribution in [0.4, 0.5) is 8.78 Å². The van der Waals surface area contributed by atoms with Crippen LogP contribution in [0, 0.1) is 17.8 Å². The van der Waals surface area contributed by atoms with E-state index in [1.54, 1.807) is 0 Å². The molecule has 1 rings (SSSR count). The van der Waals surface area contributed by atoms with Crippen molar-refractivity contribution < 1.29 is 8.78 Å². The SMILES string of the molecule is CCCNC(C)C(CC1CCC(F)(F)C1)C(C)C. The van der Waals surface area contributed by atoms with Gasteiger partial charge in [0.05, 0.1) is 0 Å². The van der Waals surface area contributed by atoms with Crippen molar-refractivity contribution in [2.45, 2.75) is 71.8 Å². The number of alkyl halides is 2. The molecule has 1 N–H and O–H groups in total. The van der Waals surface area contributed by atoms with Gasteiger partial charge in [-0.1, -0.05) is 20.8 Å². The first-order chi connectivity index (χ1) is 8.35. The molecule has 1 fully saturated rings. The highest BCUT2D eigenvalue weighted by Crippen LogP contribution is 2.42. The smallest absolute Gasteiger partial charge is 0.248 e. The minimum atomic E-state index is -2.40. The summed E-state index contributed by atoms with van der Waals surface area (Å²) in [5, 5.41) is 3.52. The van der Waals surface area contributed by atoms with Crippen LogP contribution in [0.1, 0.15) is 59.8 Å². The molecule has 0 bridgehead atoms. The molecule has 18 heavy (non-hydrogen) atoms. The largest absolute Gasteiger partial charge is 0.314 e. The summed E-state index contributed by atoms with van der Waals surface area (Å²) in [6.07, 6.45) is 2.98. The molecule has 0 spiro atoms. The number of rotatable bonds is 7. The molecule has 0 heterocycles. The first-order valence-electron chi connectivity index (χ1n) is 7.47. The lowest BCUT2D eigenvalue weighted by molar-refractivity contribution is 0.00338. The van der Waals surface area contributed by atoms with Gasteiger partial charge in [0.15, 0.2) is 0 Å². The highest BCUT2D eigenvalue weighted by molar-refractivity contribution is 4.85. The number of hydrogen-bond donors (Lipinski definition) is 1. The Morgan fingerprint density at radius 1 is 1.28 bits per heavy atom. The molecule has 1 aliphatic rings. The highest BCUT2D eigenvalue weighted by atomic mass is 19.3. The van der Waals surface area contributed by atoms with Gasteiger partial charge in [0, 0.05) is 18.9 Å². The van der Waals surface area contributed by atoms with Crippen molar-refractivity contribution in [2.24, 2.45) is 17.8 Å². The molecule has 0 radical (unpaired) electrons. The van der Waals surface area contributed by atoms with E-state index in [-0.39, 0.29) is 18.8 Å². The van der Waals surface area contributed by atoms with Gasteiger partial charge < -0.3 is 5.32 Å². The summed E-state index contributed by atoms with van der Waals surface area (Å²) >= 11 is 0. The quantitative estimate of drug-likeness (QED) is 0.713. The third-order valence-electron chi connectivity index (χ3n) is 4.33. The van der Waals surface area contributed by atoms with Crippen LogP contribution in [0.3, 0.4) is 0 Å². The summed E-state index contributed by atoms with van der Waals surface area (Å²) in [6.45, 7) is 9.80. The molecule has 0 aromatic heterocycles. The van der Waals surface area contributed by atoms with Gasteiger partial charge in [-0.2, -0.15) is 0 Å². The van der Waals surface area contributed by atoms with Crippen LogP contribution in [-0.4, -0.2) is 18.5 Å². The zero-order valence-electron chi connectivity index (χ0n) is 12.3. The van der Waals surface area contributed by atoms with E-state index >= 15 is 0 Å². The number of halogens is 2. The summed E-state index contributed by atoms with van der Waals surface area (Å²) in [5.74, 6) is -1.11. The van der Waals surface area contributed by atoms with E-state index in [1.807, 2.05) is 0 Å². The molecule has 0 aromatic carbocycles. The predicted molar refractivity (Wildman–Crippen MR) is 73.0 cm³/mol. The zero-order chi connectivity index (χ0) is 13.8. The fraction of sp³-hybridized carbons (Fsp3) is 1.00. The van der Waals surface area contributed by atoms with Gasteiger partial charge in [0.2, 0.25) is 5.92 Å². The Balaban J connectivity index is 2.48. The molecular weight excluding hydrogens is 232 g/mol. The van der Waals surface area contributed by atoms with Gasteiger partial charge in [-0.3, -0.25) is 0 Å². The zero-order valence-corrected chi connectivity index (χ0v) is 12.3. The Hall–Kier alpha value is -0.180. The molecule has 0 aromatic rings. The van der Waals surface area contributed by atoms with Crippen LogP contribution in [-0.2, 0) is 0 Å². The Morgan fingerprint density at radius 2 is 1.94 bits per heavy atom. The molecule has 3 heteroatoms. The maximum absolute atomic E-state index is 13.2. The van der Waals surface area contributed by atoms with Crippen LogP contribution in [0.25, 0.3) is 0 Å². The van der Waals surface area contributed by atoms with E-state index in [2.05, 4.69) is 33.0 Å². The fourth-order valence-electron chi connectivity index (χ4n) is 3.20. The third kappa shape index (κ3) is 4.83. The highest BCUT2D eigenvalue weighted by Gasteiger charge is 2.40. The van der Waals surface area contributed by atoms with Crippen molar-refractivity contribution in [3.63, 3.8) is 0 Å². The molecule has 1 nitrogen and oxygen atoms in total. The Kier molecular flexibility index (Phi) is 6.03. The van der Waals surface area contributed by atoms with E-state index < -0.39 is 5.92 Å². The Morgan fingerprint density at radius 3 is 2.39 bits per heavy atom. The van der Waals surface area contributed by atoms with Gasteiger partial charge in [-0.15, -0.1) is 0 Å². The lowest BCUT2D eigenvalue weighted by Crippen LogP contribution is -2.37. The van der Waals surface area contributed by atoms with Crippen LogP contribution in [0.5, 0.6) is 0 Å². The van der Waals surface area contributed by atoms with E-state index in [9.17, 15) is 8.78 Å². The van der Waals surface area contributed by atoms with E-state index in [1.165, 1.54) is 0 Å². The molecule has 0 aliphatic heterocycles. The van der Waals surface area contributed by atoms with Gasteiger partial charge >= 0.3 is 0 Å². The van der Waals surface area contributed by atoms with Gasteiger partial charge in [0.1, 0.15) is 0 Å². The molecule has 0 amide bonds. The minimum Gasteiger partial charge on any atom is -0.314 e. The van der Waals surface area contributed by atoms with Gasteiger partial charge in [-0.05, 0) is 50.5 Å². The van der Waals surface area contributed by atoms with Crippen molar-refractivity contribution in [2.75, 3.05) is 6.54 Å². The normalized spacial score (nSPS) is 26.5. The van der Waals surface area contributed by atoms with Crippen molar-refractivity contribution >= 4 is 0 Å². The topological polar surface area (TPSA) is 12.0 Å². The molecule has 1 aliphatic carbocycles. The summed E-state index contributed by atoms with van der Waals surface area (Å²) < 4.78 is 26.5. The molecular formula is C15H29F2N. The van der Waals surface area contributed by atoms with Crippen LogP contribution in [0.2, 0.25) is 0 Å². The van der Waals surface area contributed by atoms with Crippen molar-refractivity contribution in [1.82, 2.24) is 5.32 Å². The summed E-state index contributed by atoms with van der Waals surface area (Å²) in [6, 6.07) is 0.430. The molecule has 3 atom stereocenters. The summed E-state index contributed by atoms with van der Waals surface area (Å²) in [4.78, 5) is 0. The maximum Gasteiger partial charge on any atom is 0.248 e. The second kappa shape index (κ2) is 6.83. The van der Waals surface area contributed by atoms with E-state index in [4.69, 9.17) is 0 Å². The predicted octanol–water partition coefficient (Wildman–Crippen LogP) is 4.47. The Bertz CT molecular complexity index is 241. The monoisotopic (exact) mass is 261 g/mol. The second-order valence-corrected chi connectivity index (χ2v) is 6.35. The fourth-order valence-corrected chi connectivity index (χ4v) is 3.20.